The molecule has 4 nitrogen and oxygen atoms in total. The molecule has 0 saturated carbocycles. The highest BCUT2D eigenvalue weighted by molar-refractivity contribution is 6.03. The molecule has 1 N–H and O–H groups in total. The summed E-state index contributed by atoms with van der Waals surface area (Å²) in [4.78, 5) is 26.4. The first-order valence-corrected chi connectivity index (χ1v) is 8.00. The second-order valence-corrected chi connectivity index (χ2v) is 5.84. The third-order valence-electron chi connectivity index (χ3n) is 4.32. The van der Waals surface area contributed by atoms with E-state index in [1.165, 1.54) is 0 Å². The van der Waals surface area contributed by atoms with E-state index in [2.05, 4.69) is 0 Å². The minimum absolute atomic E-state index is 0.177. The summed E-state index contributed by atoms with van der Waals surface area (Å²) < 4.78 is 0. The monoisotopic (exact) mass is 321 g/mol. The molecular formula is C20H19NO3. The van der Waals surface area contributed by atoms with Crippen molar-refractivity contribution in [1.82, 2.24) is 0 Å². The van der Waals surface area contributed by atoms with Gasteiger partial charge >= 0.3 is 5.97 Å². The summed E-state index contributed by atoms with van der Waals surface area (Å²) in [7, 11) is 0. The zero-order valence-corrected chi connectivity index (χ0v) is 13.2. The molecule has 2 aromatic carbocycles. The van der Waals surface area contributed by atoms with Crippen LogP contribution in [0.1, 0.15) is 12.8 Å². The average Bonchev–Trinajstić information content (AvgIpc) is 2.63. The number of hydrogen-bond donors (Lipinski definition) is 1. The first kappa shape index (κ1) is 16.0. The van der Waals surface area contributed by atoms with Crippen LogP contribution in [0, 0.1) is 11.8 Å². The lowest BCUT2D eigenvalue weighted by molar-refractivity contribution is -0.146. The fourth-order valence-electron chi connectivity index (χ4n) is 3.08. The van der Waals surface area contributed by atoms with Crippen LogP contribution < -0.4 is 4.90 Å². The van der Waals surface area contributed by atoms with Gasteiger partial charge < -0.3 is 5.11 Å². The highest BCUT2D eigenvalue weighted by Gasteiger charge is 2.37. The molecule has 0 fully saturated rings. The van der Waals surface area contributed by atoms with Crippen molar-refractivity contribution in [2.75, 3.05) is 4.90 Å². The van der Waals surface area contributed by atoms with Crippen LogP contribution in [0.3, 0.4) is 0 Å². The zero-order valence-electron chi connectivity index (χ0n) is 13.2. The van der Waals surface area contributed by atoms with Gasteiger partial charge in [-0.25, -0.2) is 0 Å². The standard InChI is InChI=1S/C20H19NO3/c22-19(17-13-7-8-14-18(17)20(23)24)21(15-9-3-1-4-10-15)16-11-5-2-6-12-16/h1-12,17-18H,13-14H2,(H,23,24). The summed E-state index contributed by atoms with van der Waals surface area (Å²) in [5, 5.41) is 9.48. The van der Waals surface area contributed by atoms with Gasteiger partial charge in [-0.05, 0) is 37.1 Å². The van der Waals surface area contributed by atoms with Crippen LogP contribution in [-0.4, -0.2) is 17.0 Å². The van der Waals surface area contributed by atoms with Crippen molar-refractivity contribution in [3.8, 4) is 0 Å². The number of carbonyl (C=O) groups excluding carboxylic acids is 1. The second kappa shape index (κ2) is 7.13. The Labute approximate surface area is 141 Å². The lowest BCUT2D eigenvalue weighted by atomic mass is 9.82. The van der Waals surface area contributed by atoms with E-state index in [0.717, 1.165) is 11.4 Å². The second-order valence-electron chi connectivity index (χ2n) is 5.84. The number of anilines is 2. The SMILES string of the molecule is O=C(O)C1CC=CCC1C(=O)N(c1ccccc1)c1ccccc1. The van der Waals surface area contributed by atoms with Crippen molar-refractivity contribution in [3.05, 3.63) is 72.8 Å². The third-order valence-corrected chi connectivity index (χ3v) is 4.32. The van der Waals surface area contributed by atoms with Crippen LogP contribution in [0.5, 0.6) is 0 Å². The van der Waals surface area contributed by atoms with Gasteiger partial charge in [-0.1, -0.05) is 48.6 Å². The minimum atomic E-state index is -0.918. The summed E-state index contributed by atoms with van der Waals surface area (Å²) in [6.07, 6.45) is 4.59. The maximum Gasteiger partial charge on any atom is 0.307 e. The number of benzene rings is 2. The van der Waals surface area contributed by atoms with E-state index in [-0.39, 0.29) is 5.91 Å². The maximum atomic E-state index is 13.2. The number of carbonyl (C=O) groups is 2. The molecule has 1 aliphatic carbocycles. The molecule has 2 atom stereocenters. The van der Waals surface area contributed by atoms with Gasteiger partial charge in [0.1, 0.15) is 0 Å². The summed E-state index contributed by atoms with van der Waals surface area (Å²) >= 11 is 0. The van der Waals surface area contributed by atoms with E-state index >= 15 is 0 Å². The molecule has 0 spiro atoms. The molecule has 0 heterocycles. The highest BCUT2D eigenvalue weighted by Crippen LogP contribution is 2.33. The number of para-hydroxylation sites is 2. The molecule has 0 bridgehead atoms. The molecule has 0 aromatic heterocycles. The topological polar surface area (TPSA) is 57.6 Å². The lowest BCUT2D eigenvalue weighted by Crippen LogP contribution is -2.39. The molecule has 1 aliphatic rings. The Morgan fingerprint density at radius 1 is 0.792 bits per heavy atom. The Bertz CT molecular complexity index is 700. The molecule has 0 saturated heterocycles. The molecule has 1 amide bonds. The van der Waals surface area contributed by atoms with Crippen molar-refractivity contribution in [2.24, 2.45) is 11.8 Å². The third kappa shape index (κ3) is 3.23. The number of amides is 1. The molecule has 3 rings (SSSR count). The van der Waals surface area contributed by atoms with E-state index in [4.69, 9.17) is 0 Å². The molecule has 0 radical (unpaired) electrons. The Morgan fingerprint density at radius 3 is 1.71 bits per heavy atom. The largest absolute Gasteiger partial charge is 0.481 e. The normalized spacial score (nSPS) is 19.7. The smallest absolute Gasteiger partial charge is 0.307 e. The van der Waals surface area contributed by atoms with Crippen LogP contribution >= 0.6 is 0 Å². The number of carboxylic acid groups (broad SMARTS) is 1. The van der Waals surface area contributed by atoms with Crippen LogP contribution in [0.25, 0.3) is 0 Å². The zero-order chi connectivity index (χ0) is 16.9. The summed E-state index contributed by atoms with van der Waals surface area (Å²) in [6.45, 7) is 0. The number of hydrogen-bond acceptors (Lipinski definition) is 2. The fraction of sp³-hybridized carbons (Fsp3) is 0.200. The van der Waals surface area contributed by atoms with Gasteiger partial charge in [-0.3, -0.25) is 14.5 Å². The Morgan fingerprint density at radius 2 is 1.25 bits per heavy atom. The molecule has 0 aliphatic heterocycles. The van der Waals surface area contributed by atoms with Gasteiger partial charge in [0.25, 0.3) is 0 Å². The lowest BCUT2D eigenvalue weighted by Gasteiger charge is -2.31. The quantitative estimate of drug-likeness (QED) is 0.865. The van der Waals surface area contributed by atoms with Crippen LogP contribution in [0.2, 0.25) is 0 Å². The summed E-state index contributed by atoms with van der Waals surface area (Å²) in [6, 6.07) is 18.7. The van der Waals surface area contributed by atoms with E-state index in [1.54, 1.807) is 4.90 Å². The molecule has 2 aromatic rings. The van der Waals surface area contributed by atoms with Gasteiger partial charge in [-0.15, -0.1) is 0 Å². The molecule has 122 valence electrons. The van der Waals surface area contributed by atoms with Gasteiger partial charge in [-0.2, -0.15) is 0 Å². The number of carboxylic acids is 1. The summed E-state index contributed by atoms with van der Waals surface area (Å²) in [5.41, 5.74) is 1.49. The molecule has 4 heteroatoms. The van der Waals surface area contributed by atoms with Crippen LogP contribution in [0.15, 0.2) is 72.8 Å². The number of nitrogens with zero attached hydrogens (tertiary/aromatic N) is 1. The Kier molecular flexibility index (Phi) is 4.75. The molecular weight excluding hydrogens is 302 g/mol. The van der Waals surface area contributed by atoms with Crippen molar-refractivity contribution >= 4 is 23.3 Å². The van der Waals surface area contributed by atoms with Gasteiger partial charge in [0.2, 0.25) is 5.91 Å². The first-order valence-electron chi connectivity index (χ1n) is 8.00. The fourth-order valence-corrected chi connectivity index (χ4v) is 3.08. The predicted octanol–water partition coefficient (Wildman–Crippen LogP) is 4.02. The minimum Gasteiger partial charge on any atom is -0.481 e. The summed E-state index contributed by atoms with van der Waals surface area (Å²) in [5.74, 6) is -2.34. The molecule has 2 unspecified atom stereocenters. The van der Waals surface area contributed by atoms with E-state index in [1.807, 2.05) is 72.8 Å². The Hall–Kier alpha value is -2.88. The van der Waals surface area contributed by atoms with Crippen molar-refractivity contribution in [3.63, 3.8) is 0 Å². The van der Waals surface area contributed by atoms with Crippen molar-refractivity contribution < 1.29 is 14.7 Å². The van der Waals surface area contributed by atoms with Gasteiger partial charge in [0.15, 0.2) is 0 Å². The average molecular weight is 321 g/mol. The van der Waals surface area contributed by atoms with E-state index in [9.17, 15) is 14.7 Å². The Balaban J connectivity index is 2.01. The first-order chi connectivity index (χ1) is 11.7. The molecule has 24 heavy (non-hydrogen) atoms. The van der Waals surface area contributed by atoms with Crippen LogP contribution in [-0.2, 0) is 9.59 Å². The predicted molar refractivity (Wildman–Crippen MR) is 93.0 cm³/mol. The van der Waals surface area contributed by atoms with Crippen molar-refractivity contribution in [2.45, 2.75) is 12.8 Å². The number of allylic oxidation sites excluding steroid dienone is 2. The van der Waals surface area contributed by atoms with Crippen molar-refractivity contribution in [1.29, 1.82) is 0 Å². The maximum absolute atomic E-state index is 13.2. The van der Waals surface area contributed by atoms with E-state index < -0.39 is 17.8 Å². The highest BCUT2D eigenvalue weighted by atomic mass is 16.4. The number of rotatable bonds is 4. The van der Waals surface area contributed by atoms with Crippen LogP contribution in [0.4, 0.5) is 11.4 Å². The van der Waals surface area contributed by atoms with Gasteiger partial charge in [0.05, 0.1) is 11.8 Å². The number of aliphatic carboxylic acids is 1. The van der Waals surface area contributed by atoms with E-state index in [0.29, 0.717) is 12.8 Å². The van der Waals surface area contributed by atoms with Gasteiger partial charge in [0, 0.05) is 11.4 Å².